The molecule has 10 nitrogen and oxygen atoms in total. The number of allylic oxidation sites excluding steroid dienone is 1. The molecule has 9 unspecified atom stereocenters. The van der Waals surface area contributed by atoms with E-state index >= 15 is 0 Å². The summed E-state index contributed by atoms with van der Waals surface area (Å²) in [4.78, 5) is 5.14. The number of fused-ring (bicyclic) bond motifs is 4. The van der Waals surface area contributed by atoms with Crippen molar-refractivity contribution < 1.29 is 35.0 Å². The summed E-state index contributed by atoms with van der Waals surface area (Å²) in [5.74, 6) is 3.28. The molecule has 9 N–H and O–H groups in total. The molecule has 0 aromatic heterocycles. The highest BCUT2D eigenvalue weighted by Crippen LogP contribution is 2.61. The molecule has 9 atom stereocenters. The van der Waals surface area contributed by atoms with Crippen LogP contribution in [-0.4, -0.2) is 86.6 Å². The van der Waals surface area contributed by atoms with Crippen molar-refractivity contribution >= 4 is 11.8 Å². The zero-order valence-corrected chi connectivity index (χ0v) is 37.5. The van der Waals surface area contributed by atoms with Gasteiger partial charge in [-0.15, -0.1) is 16.6 Å². The van der Waals surface area contributed by atoms with Gasteiger partial charge in [-0.05, 0) is 111 Å². The quantitative estimate of drug-likeness (QED) is 0.0379. The normalized spacial score (nSPS) is 27.4. The molecular weight excluding hydrogens is 791 g/mol. The van der Waals surface area contributed by atoms with Crippen LogP contribution in [0.25, 0.3) is 6.08 Å². The number of hydrogen-bond donors (Lipinski definition) is 7. The third-order valence-corrected chi connectivity index (χ3v) is 15.4. The average Bonchev–Trinajstić information content (AvgIpc) is 4.11. The predicted octanol–water partition coefficient (Wildman–Crippen LogP) is 7.74. The summed E-state index contributed by atoms with van der Waals surface area (Å²) in [5.41, 5.74) is 12.6. The number of aliphatic imine (C=N–C) groups is 1. The Morgan fingerprint density at radius 2 is 1.89 bits per heavy atom. The Bertz CT molecular complexity index is 1950. The molecule has 6 aliphatic rings. The van der Waals surface area contributed by atoms with Crippen molar-refractivity contribution in [1.82, 2.24) is 5.32 Å². The summed E-state index contributed by atoms with van der Waals surface area (Å²) >= 11 is 0. The van der Waals surface area contributed by atoms with Gasteiger partial charge < -0.3 is 46.1 Å². The van der Waals surface area contributed by atoms with Crippen molar-refractivity contribution in [3.63, 3.8) is 0 Å². The van der Waals surface area contributed by atoms with Gasteiger partial charge in [0.2, 0.25) is 5.70 Å². The minimum atomic E-state index is -0.937. The smallest absolute Gasteiger partial charge is 0.208 e. The Labute approximate surface area is 375 Å². The lowest BCUT2D eigenvalue weighted by Crippen LogP contribution is -2.38. The lowest BCUT2D eigenvalue weighted by Gasteiger charge is -2.37. The molecule has 0 bridgehead atoms. The molecular formula is C53H74N3O7+. The van der Waals surface area contributed by atoms with Gasteiger partial charge >= 0.3 is 0 Å². The molecule has 8 rings (SSSR count). The van der Waals surface area contributed by atoms with Crippen molar-refractivity contribution in [3.05, 3.63) is 101 Å². The van der Waals surface area contributed by atoms with E-state index in [1.54, 1.807) is 6.07 Å². The van der Waals surface area contributed by atoms with Gasteiger partial charge in [-0.2, -0.15) is 0 Å². The molecule has 2 aromatic carbocycles. The molecule has 2 aromatic rings. The van der Waals surface area contributed by atoms with Gasteiger partial charge in [-0.3, -0.25) is 0 Å². The van der Waals surface area contributed by atoms with E-state index in [2.05, 4.69) is 23.5 Å². The molecule has 0 radical (unpaired) electrons. The number of unbranched alkanes of at least 4 members (excludes halogenated alkanes) is 3. The summed E-state index contributed by atoms with van der Waals surface area (Å²) in [6.45, 7) is 3.17. The third kappa shape index (κ3) is 10.9. The summed E-state index contributed by atoms with van der Waals surface area (Å²) in [5, 5.41) is 56.9. The topological polar surface area (TPSA) is 174 Å². The van der Waals surface area contributed by atoms with Gasteiger partial charge in [-0.1, -0.05) is 81.0 Å². The van der Waals surface area contributed by atoms with E-state index in [4.69, 9.17) is 20.2 Å². The molecule has 0 amide bonds. The monoisotopic (exact) mass is 865 g/mol. The average molecular weight is 865 g/mol. The number of nitrogens with zero attached hydrogens (tertiary/aromatic N) is 1. The van der Waals surface area contributed by atoms with Crippen molar-refractivity contribution in [2.75, 3.05) is 26.3 Å². The zero-order chi connectivity index (χ0) is 43.9. The van der Waals surface area contributed by atoms with E-state index in [9.17, 15) is 25.5 Å². The second kappa shape index (κ2) is 21.1. The van der Waals surface area contributed by atoms with Crippen molar-refractivity contribution in [2.24, 2.45) is 39.8 Å². The van der Waals surface area contributed by atoms with Crippen LogP contribution in [0.4, 0.5) is 0 Å². The van der Waals surface area contributed by atoms with Crippen LogP contribution in [0, 0.1) is 41.1 Å². The van der Waals surface area contributed by atoms with Crippen LogP contribution in [0.15, 0.2) is 77.0 Å². The Hall–Kier alpha value is -3.61. The van der Waals surface area contributed by atoms with Crippen molar-refractivity contribution in [1.29, 1.82) is 0 Å². The van der Waals surface area contributed by atoms with Crippen molar-refractivity contribution in [3.8, 4) is 11.5 Å². The lowest BCUT2D eigenvalue weighted by molar-refractivity contribution is -0.0552. The van der Waals surface area contributed by atoms with Crippen LogP contribution in [0.2, 0.25) is 0 Å². The van der Waals surface area contributed by atoms with Gasteiger partial charge in [0.1, 0.15) is 30.4 Å². The fraction of sp³-hybridized carbons (Fsp3) is 0.604. The second-order valence-electron chi connectivity index (χ2n) is 19.9. The van der Waals surface area contributed by atoms with E-state index in [1.807, 2.05) is 49.4 Å². The molecule has 342 valence electrons. The van der Waals surface area contributed by atoms with Crippen LogP contribution < -0.4 is 15.8 Å². The number of nitrogens with two attached hydrogens (primary N) is 1. The molecule has 3 saturated carbocycles. The maximum atomic E-state index is 11.5. The van der Waals surface area contributed by atoms with Crippen LogP contribution >= 0.6 is 0 Å². The number of nitrogens with one attached hydrogen (secondary N) is 1. The number of benzene rings is 2. The number of aryl methyl sites for hydroxylation is 1. The first-order chi connectivity index (χ1) is 30.6. The number of phenolic OH excluding ortho intramolecular Hbond substituents is 1. The second-order valence-corrected chi connectivity index (χ2v) is 19.9. The number of hydrogen-bond acceptors (Lipinski definition) is 9. The Morgan fingerprint density at radius 1 is 1.06 bits per heavy atom. The van der Waals surface area contributed by atoms with E-state index in [0.717, 1.165) is 92.0 Å². The zero-order valence-electron chi connectivity index (χ0n) is 37.5. The lowest BCUT2D eigenvalue weighted by atomic mass is 9.66. The van der Waals surface area contributed by atoms with Gasteiger partial charge in [-0.25, -0.2) is 0 Å². The van der Waals surface area contributed by atoms with Gasteiger partial charge in [0.15, 0.2) is 17.6 Å². The van der Waals surface area contributed by atoms with E-state index < -0.39 is 18.3 Å². The van der Waals surface area contributed by atoms with E-state index in [1.165, 1.54) is 50.9 Å². The van der Waals surface area contributed by atoms with Crippen molar-refractivity contribution in [2.45, 2.75) is 147 Å². The fourth-order valence-corrected chi connectivity index (χ4v) is 12.2. The molecule has 1 spiro atoms. The van der Waals surface area contributed by atoms with Crippen LogP contribution in [0.1, 0.15) is 132 Å². The first-order valence-electron chi connectivity index (χ1n) is 24.4. The standard InChI is InChI=1S/C53H73N3O7/c1-34(58)30-55-31-44-42-14-10-15-45(42)53(23-8-9-24-53)29-47-43(44)28-46(56-47)49(60)33-62-51-25-35(18-22-48(51)59)17-21-40-27-38(32-57)50(63-40)16-5-3-2-4-12-39(54)26-37-20-19-36-11-6-7-13-41(36)52(37)61/h6-7,11,13,18-20,22,25,27-28,34,37,39,42,44-45,49-50,52,55,57-58,60-61,63H,2-5,8-10,12,14-17,21,23-24,26,29-33,54H2,1H3/p+1. The molecule has 10 heteroatoms. The summed E-state index contributed by atoms with van der Waals surface area (Å²) < 4.78 is 11.1. The number of aromatic hydroxyl groups is 1. The van der Waals surface area contributed by atoms with E-state index in [0.29, 0.717) is 54.0 Å². The van der Waals surface area contributed by atoms with Gasteiger partial charge in [0, 0.05) is 44.5 Å². The van der Waals surface area contributed by atoms with Crippen LogP contribution in [0.5, 0.6) is 11.5 Å². The maximum absolute atomic E-state index is 11.5. The Kier molecular flexibility index (Phi) is 15.4. The molecule has 2 aliphatic heterocycles. The minimum absolute atomic E-state index is 0.00170. The maximum Gasteiger partial charge on any atom is 0.208 e. The number of aliphatic hydroxyl groups is 6. The largest absolute Gasteiger partial charge is 0.504 e. The molecule has 63 heavy (non-hydrogen) atoms. The summed E-state index contributed by atoms with van der Waals surface area (Å²) in [7, 11) is 0. The number of phenols is 1. The minimum Gasteiger partial charge on any atom is -0.504 e. The number of aliphatic hydroxyl groups excluding tert-OH is 4. The molecule has 3 fully saturated rings. The number of ether oxygens (including phenoxy) is 2. The first-order valence-corrected chi connectivity index (χ1v) is 24.4. The van der Waals surface area contributed by atoms with Gasteiger partial charge in [0.05, 0.1) is 24.2 Å². The Morgan fingerprint density at radius 3 is 2.71 bits per heavy atom. The third-order valence-electron chi connectivity index (χ3n) is 15.4. The SMILES string of the molecule is CC(O)CNCC1[C+]2C=C(C(O)COc3cc(CC[C-]4C=C(CO)C(CCCCCCC(N)CC5C=Cc6ccccc6C5O)[OH+]4)ccc3O)N=C2CC2(CCCC2)C2CCCC12. The summed E-state index contributed by atoms with van der Waals surface area (Å²) in [6, 6.07) is 13.5. The molecule has 2 heterocycles. The van der Waals surface area contributed by atoms with E-state index in [-0.39, 0.29) is 37.0 Å². The highest BCUT2D eigenvalue weighted by atomic mass is 16.5. The fourth-order valence-electron chi connectivity index (χ4n) is 12.2. The number of rotatable bonds is 21. The van der Waals surface area contributed by atoms with Crippen LogP contribution in [-0.2, 0) is 6.42 Å². The van der Waals surface area contributed by atoms with Crippen LogP contribution in [0.3, 0.4) is 0 Å². The highest BCUT2D eigenvalue weighted by Gasteiger charge is 2.58. The molecule has 4 aliphatic carbocycles. The van der Waals surface area contributed by atoms with Gasteiger partial charge in [0.25, 0.3) is 0 Å². The first kappa shape index (κ1) is 45.9. The summed E-state index contributed by atoms with van der Waals surface area (Å²) in [6.07, 6.45) is 25.7. The predicted molar refractivity (Wildman–Crippen MR) is 250 cm³/mol. The highest BCUT2D eigenvalue weighted by molar-refractivity contribution is 6.03. The molecule has 0 saturated heterocycles. The Balaban J connectivity index is 0.780.